The molecule has 1 atom stereocenters. The number of nitrogens with zero attached hydrogens (tertiary/aromatic N) is 3. The molecule has 0 aliphatic carbocycles. The monoisotopic (exact) mass is 488 g/mol. The predicted octanol–water partition coefficient (Wildman–Crippen LogP) is 4.54. The van der Waals surface area contributed by atoms with Crippen LogP contribution in [0.25, 0.3) is 21.1 Å². The maximum absolute atomic E-state index is 12.5. The highest BCUT2D eigenvalue weighted by Gasteiger charge is 2.16. The van der Waals surface area contributed by atoms with E-state index in [1.165, 1.54) is 10.7 Å². The van der Waals surface area contributed by atoms with Crippen molar-refractivity contribution in [2.24, 2.45) is 0 Å². The van der Waals surface area contributed by atoms with E-state index < -0.39 is 6.10 Å². The van der Waals surface area contributed by atoms with Crippen LogP contribution in [0.4, 0.5) is 0 Å². The highest BCUT2D eigenvalue weighted by Crippen LogP contribution is 2.33. The van der Waals surface area contributed by atoms with Gasteiger partial charge in [0, 0.05) is 18.2 Å². The van der Waals surface area contributed by atoms with Crippen LogP contribution in [0.15, 0.2) is 65.5 Å². The first-order chi connectivity index (χ1) is 16.8. The SMILES string of the molecule is Cc1ccc(C)c(OC(C)C(=O)NCCn2nc(-c3sc(-c4ccccc4)nc3C)ccc2=O)c1. The fraction of sp³-hybridized carbons (Fsp3) is 0.259. The second-order valence-electron chi connectivity index (χ2n) is 8.40. The summed E-state index contributed by atoms with van der Waals surface area (Å²) in [5.74, 6) is 0.439. The van der Waals surface area contributed by atoms with Gasteiger partial charge in [-0.2, -0.15) is 5.10 Å². The summed E-state index contributed by atoms with van der Waals surface area (Å²) in [7, 11) is 0. The van der Waals surface area contributed by atoms with Gasteiger partial charge in [-0.05, 0) is 51.0 Å². The summed E-state index contributed by atoms with van der Waals surface area (Å²) in [5.41, 5.74) is 4.39. The number of aromatic nitrogens is 3. The summed E-state index contributed by atoms with van der Waals surface area (Å²) in [6.45, 7) is 8.07. The largest absolute Gasteiger partial charge is 0.481 e. The van der Waals surface area contributed by atoms with Gasteiger partial charge in [-0.3, -0.25) is 9.59 Å². The lowest BCUT2D eigenvalue weighted by molar-refractivity contribution is -0.127. The molecule has 7 nitrogen and oxygen atoms in total. The van der Waals surface area contributed by atoms with E-state index in [1.54, 1.807) is 24.3 Å². The molecule has 0 saturated carbocycles. The summed E-state index contributed by atoms with van der Waals surface area (Å²) in [4.78, 5) is 30.5. The Hall–Kier alpha value is -3.78. The average molecular weight is 489 g/mol. The molecule has 0 fully saturated rings. The fourth-order valence-corrected chi connectivity index (χ4v) is 4.61. The van der Waals surface area contributed by atoms with Crippen molar-refractivity contribution in [3.8, 4) is 26.9 Å². The Morgan fingerprint density at radius 1 is 1.09 bits per heavy atom. The van der Waals surface area contributed by atoms with E-state index in [2.05, 4.69) is 15.4 Å². The van der Waals surface area contributed by atoms with E-state index in [4.69, 9.17) is 4.74 Å². The van der Waals surface area contributed by atoms with E-state index in [9.17, 15) is 9.59 Å². The maximum Gasteiger partial charge on any atom is 0.266 e. The van der Waals surface area contributed by atoms with Crippen molar-refractivity contribution in [1.29, 1.82) is 0 Å². The fourth-order valence-electron chi connectivity index (χ4n) is 3.58. The highest BCUT2D eigenvalue weighted by atomic mass is 32.1. The first kappa shape index (κ1) is 24.3. The minimum absolute atomic E-state index is 0.229. The van der Waals surface area contributed by atoms with E-state index in [0.717, 1.165) is 32.3 Å². The maximum atomic E-state index is 12.5. The molecule has 35 heavy (non-hydrogen) atoms. The van der Waals surface area contributed by atoms with Crippen molar-refractivity contribution < 1.29 is 9.53 Å². The zero-order chi connectivity index (χ0) is 24.9. The summed E-state index contributed by atoms with van der Waals surface area (Å²) >= 11 is 1.54. The second kappa shape index (κ2) is 10.7. The molecule has 0 aliphatic heterocycles. The Bertz CT molecular complexity index is 1400. The summed E-state index contributed by atoms with van der Waals surface area (Å²) in [5, 5.41) is 8.27. The molecular formula is C27H28N4O3S. The molecule has 0 radical (unpaired) electrons. The number of nitrogens with one attached hydrogen (secondary N) is 1. The van der Waals surface area contributed by atoms with E-state index in [-0.39, 0.29) is 24.6 Å². The van der Waals surface area contributed by atoms with Gasteiger partial charge in [0.25, 0.3) is 11.5 Å². The second-order valence-corrected chi connectivity index (χ2v) is 9.40. The molecule has 8 heteroatoms. The van der Waals surface area contributed by atoms with Crippen LogP contribution in [0, 0.1) is 20.8 Å². The van der Waals surface area contributed by atoms with Crippen LogP contribution in [0.2, 0.25) is 0 Å². The minimum Gasteiger partial charge on any atom is -0.481 e. The Labute approximate surface area is 208 Å². The Morgan fingerprint density at radius 2 is 1.86 bits per heavy atom. The minimum atomic E-state index is -0.664. The van der Waals surface area contributed by atoms with Gasteiger partial charge < -0.3 is 10.1 Å². The van der Waals surface area contributed by atoms with Crippen LogP contribution < -0.4 is 15.6 Å². The predicted molar refractivity (Wildman–Crippen MR) is 139 cm³/mol. The van der Waals surface area contributed by atoms with Crippen molar-refractivity contribution >= 4 is 17.2 Å². The zero-order valence-electron chi connectivity index (χ0n) is 20.2. The van der Waals surface area contributed by atoms with Crippen molar-refractivity contribution in [2.45, 2.75) is 40.3 Å². The summed E-state index contributed by atoms with van der Waals surface area (Å²) in [6, 6.07) is 19.1. The van der Waals surface area contributed by atoms with Crippen LogP contribution in [0.1, 0.15) is 23.7 Å². The lowest BCUT2D eigenvalue weighted by Gasteiger charge is -2.17. The van der Waals surface area contributed by atoms with Crippen LogP contribution in [0.3, 0.4) is 0 Å². The molecule has 1 N–H and O–H groups in total. The molecule has 4 aromatic rings. The number of hydrogen-bond donors (Lipinski definition) is 1. The number of benzene rings is 2. The molecule has 4 rings (SSSR count). The van der Waals surface area contributed by atoms with Gasteiger partial charge in [0.05, 0.1) is 17.1 Å². The topological polar surface area (TPSA) is 86.1 Å². The van der Waals surface area contributed by atoms with Gasteiger partial charge in [-0.1, -0.05) is 42.5 Å². The lowest BCUT2D eigenvalue weighted by Crippen LogP contribution is -2.39. The van der Waals surface area contributed by atoms with Crippen molar-refractivity contribution in [2.75, 3.05) is 6.54 Å². The molecule has 0 bridgehead atoms. The van der Waals surface area contributed by atoms with E-state index >= 15 is 0 Å². The number of hydrogen-bond acceptors (Lipinski definition) is 6. The number of aryl methyl sites for hydroxylation is 3. The molecule has 1 amide bonds. The van der Waals surface area contributed by atoms with Gasteiger partial charge in [0.1, 0.15) is 16.5 Å². The summed E-state index contributed by atoms with van der Waals surface area (Å²) in [6.07, 6.45) is -0.664. The van der Waals surface area contributed by atoms with Gasteiger partial charge in [0.15, 0.2) is 6.10 Å². The molecule has 2 aromatic heterocycles. The lowest BCUT2D eigenvalue weighted by atomic mass is 10.1. The molecule has 1 unspecified atom stereocenters. The number of amides is 1. The number of thiazole rings is 1. The number of carbonyl (C=O) groups is 1. The third-order valence-electron chi connectivity index (χ3n) is 5.56. The van der Waals surface area contributed by atoms with Crippen molar-refractivity contribution in [3.63, 3.8) is 0 Å². The first-order valence-corrected chi connectivity index (χ1v) is 12.3. The van der Waals surface area contributed by atoms with Gasteiger partial charge >= 0.3 is 0 Å². The normalized spacial score (nSPS) is 11.8. The average Bonchev–Trinajstić information content (AvgIpc) is 3.24. The number of ether oxygens (including phenoxy) is 1. The molecular weight excluding hydrogens is 460 g/mol. The molecule has 180 valence electrons. The molecule has 2 heterocycles. The van der Waals surface area contributed by atoms with Crippen molar-refractivity contribution in [1.82, 2.24) is 20.1 Å². The third-order valence-corrected chi connectivity index (χ3v) is 6.79. The van der Waals surface area contributed by atoms with Crippen LogP contribution in [0.5, 0.6) is 5.75 Å². The molecule has 2 aromatic carbocycles. The quantitative estimate of drug-likeness (QED) is 0.393. The first-order valence-electron chi connectivity index (χ1n) is 11.4. The Kier molecular flexibility index (Phi) is 7.41. The molecule has 0 saturated heterocycles. The molecule has 0 aliphatic rings. The smallest absolute Gasteiger partial charge is 0.266 e. The Balaban J connectivity index is 1.41. The number of rotatable bonds is 8. The van der Waals surface area contributed by atoms with E-state index in [0.29, 0.717) is 11.4 Å². The molecule has 0 spiro atoms. The number of carbonyl (C=O) groups excluding carboxylic acids is 1. The van der Waals surface area contributed by atoms with Crippen molar-refractivity contribution in [3.05, 3.63) is 87.8 Å². The van der Waals surface area contributed by atoms with Crippen LogP contribution in [-0.4, -0.2) is 33.3 Å². The van der Waals surface area contributed by atoms with Crippen LogP contribution >= 0.6 is 11.3 Å². The van der Waals surface area contributed by atoms with Gasteiger partial charge in [0.2, 0.25) is 0 Å². The van der Waals surface area contributed by atoms with E-state index in [1.807, 2.05) is 69.3 Å². The standard InChI is InChI=1S/C27H28N4O3S/c1-17-10-11-18(2)23(16-17)34-20(4)26(33)28-14-15-31-24(32)13-12-22(30-31)25-19(3)29-27(35-25)21-8-6-5-7-9-21/h5-13,16,20H,14-15H2,1-4H3,(H,28,33). The van der Waals surface area contributed by atoms with Gasteiger partial charge in [-0.15, -0.1) is 11.3 Å². The van der Waals surface area contributed by atoms with Crippen LogP contribution in [-0.2, 0) is 11.3 Å². The highest BCUT2D eigenvalue weighted by molar-refractivity contribution is 7.18. The summed E-state index contributed by atoms with van der Waals surface area (Å²) < 4.78 is 7.21. The Morgan fingerprint density at radius 3 is 2.63 bits per heavy atom. The third kappa shape index (κ3) is 5.84. The zero-order valence-corrected chi connectivity index (χ0v) is 21.1. The van der Waals surface area contributed by atoms with Gasteiger partial charge in [-0.25, -0.2) is 9.67 Å².